The van der Waals surface area contributed by atoms with Crippen molar-refractivity contribution in [3.63, 3.8) is 0 Å². The van der Waals surface area contributed by atoms with Gasteiger partial charge in [-0.3, -0.25) is 4.90 Å². The number of nitrogens with one attached hydrogen (secondary N) is 1. The van der Waals surface area contributed by atoms with Gasteiger partial charge in [-0.25, -0.2) is 0 Å². The number of hydrogen-bond acceptors (Lipinski definition) is 2. The first kappa shape index (κ1) is 16.5. The fourth-order valence-electron chi connectivity index (χ4n) is 3.55. The van der Waals surface area contributed by atoms with Gasteiger partial charge in [-0.15, -0.1) is 0 Å². The van der Waals surface area contributed by atoms with Crippen LogP contribution in [0.4, 0.5) is 0 Å². The third kappa shape index (κ3) is 3.49. The predicted octanol–water partition coefficient (Wildman–Crippen LogP) is 3.98. The van der Waals surface area contributed by atoms with Crippen molar-refractivity contribution in [2.45, 2.75) is 65.6 Å². The van der Waals surface area contributed by atoms with Gasteiger partial charge in [0.25, 0.3) is 0 Å². The highest BCUT2D eigenvalue weighted by Gasteiger charge is 2.39. The van der Waals surface area contributed by atoms with E-state index in [-0.39, 0.29) is 0 Å². The topological polar surface area (TPSA) is 15.3 Å². The van der Waals surface area contributed by atoms with Gasteiger partial charge in [0.15, 0.2) is 0 Å². The minimum Gasteiger partial charge on any atom is -0.311 e. The number of benzene rings is 1. The molecule has 1 aromatic rings. The van der Waals surface area contributed by atoms with Gasteiger partial charge in [0, 0.05) is 31.2 Å². The summed E-state index contributed by atoms with van der Waals surface area (Å²) in [6.45, 7) is 14.9. The van der Waals surface area contributed by atoms with Crippen LogP contribution in [-0.4, -0.2) is 29.6 Å². The van der Waals surface area contributed by atoms with E-state index in [1.807, 2.05) is 0 Å². The Morgan fingerprint density at radius 3 is 2.48 bits per heavy atom. The molecule has 2 heteroatoms. The van der Waals surface area contributed by atoms with Gasteiger partial charge in [0.05, 0.1) is 0 Å². The lowest BCUT2D eigenvalue weighted by Gasteiger charge is -2.50. The molecule has 1 atom stereocenters. The van der Waals surface area contributed by atoms with Crippen molar-refractivity contribution >= 4 is 0 Å². The molecule has 2 nitrogen and oxygen atoms in total. The summed E-state index contributed by atoms with van der Waals surface area (Å²) in [4.78, 5) is 2.75. The van der Waals surface area contributed by atoms with Crippen LogP contribution in [0.25, 0.3) is 0 Å². The molecular weight excluding hydrogens is 256 g/mol. The van der Waals surface area contributed by atoms with Gasteiger partial charge in [0.1, 0.15) is 0 Å². The van der Waals surface area contributed by atoms with E-state index < -0.39 is 0 Å². The first-order chi connectivity index (χ1) is 10.0. The molecule has 21 heavy (non-hydrogen) atoms. The lowest BCUT2D eigenvalue weighted by Crippen LogP contribution is -2.64. The summed E-state index contributed by atoms with van der Waals surface area (Å²) < 4.78 is 0. The Labute approximate surface area is 130 Å². The monoisotopic (exact) mass is 288 g/mol. The van der Waals surface area contributed by atoms with Gasteiger partial charge < -0.3 is 5.32 Å². The van der Waals surface area contributed by atoms with Crippen LogP contribution >= 0.6 is 0 Å². The Kier molecular flexibility index (Phi) is 5.45. The summed E-state index contributed by atoms with van der Waals surface area (Å²) in [5, 5.41) is 3.80. The van der Waals surface area contributed by atoms with Crippen LogP contribution in [0.2, 0.25) is 0 Å². The standard InChI is InChI=1S/C19H32N2/c1-6-19(7-2)14-20-18(15(3)4)13-21(19)12-17-11-9-8-10-16(17)5/h8-11,15,18,20H,6-7,12-14H2,1-5H3. The van der Waals surface area contributed by atoms with Crippen LogP contribution < -0.4 is 5.32 Å². The minimum atomic E-state index is 0.313. The van der Waals surface area contributed by atoms with Crippen molar-refractivity contribution in [3.05, 3.63) is 35.4 Å². The van der Waals surface area contributed by atoms with Crippen LogP contribution in [0.3, 0.4) is 0 Å². The zero-order chi connectivity index (χ0) is 15.5. The molecule has 1 N–H and O–H groups in total. The van der Waals surface area contributed by atoms with E-state index >= 15 is 0 Å². The second-order valence-electron chi connectivity index (χ2n) is 6.97. The zero-order valence-electron chi connectivity index (χ0n) is 14.4. The molecule has 1 fully saturated rings. The Balaban J connectivity index is 2.23. The fourth-order valence-corrected chi connectivity index (χ4v) is 3.55. The molecule has 2 rings (SSSR count). The fraction of sp³-hybridized carbons (Fsp3) is 0.684. The van der Waals surface area contributed by atoms with Crippen LogP contribution in [0, 0.1) is 12.8 Å². The number of rotatable bonds is 5. The smallest absolute Gasteiger partial charge is 0.0333 e. The number of nitrogens with zero attached hydrogens (tertiary/aromatic N) is 1. The minimum absolute atomic E-state index is 0.313. The number of hydrogen-bond donors (Lipinski definition) is 1. The average Bonchev–Trinajstić information content (AvgIpc) is 2.49. The summed E-state index contributed by atoms with van der Waals surface area (Å²) in [5.41, 5.74) is 3.21. The molecule has 0 bridgehead atoms. The van der Waals surface area contributed by atoms with Gasteiger partial charge in [-0.05, 0) is 36.8 Å². The summed E-state index contributed by atoms with van der Waals surface area (Å²) in [5.74, 6) is 0.691. The molecule has 118 valence electrons. The van der Waals surface area contributed by atoms with Crippen molar-refractivity contribution < 1.29 is 0 Å². The van der Waals surface area contributed by atoms with E-state index in [1.54, 1.807) is 0 Å². The molecule has 0 saturated carbocycles. The predicted molar refractivity (Wildman–Crippen MR) is 91.5 cm³/mol. The Morgan fingerprint density at radius 2 is 1.90 bits per heavy atom. The zero-order valence-corrected chi connectivity index (χ0v) is 14.4. The molecule has 1 aromatic carbocycles. The van der Waals surface area contributed by atoms with Crippen molar-refractivity contribution in [2.75, 3.05) is 13.1 Å². The van der Waals surface area contributed by atoms with E-state index in [2.05, 4.69) is 69.1 Å². The quantitative estimate of drug-likeness (QED) is 0.881. The maximum absolute atomic E-state index is 3.80. The van der Waals surface area contributed by atoms with Crippen LogP contribution in [0.15, 0.2) is 24.3 Å². The molecule has 0 aliphatic carbocycles. The maximum atomic E-state index is 3.80. The molecule has 1 aliphatic rings. The molecule has 1 saturated heterocycles. The van der Waals surface area contributed by atoms with Crippen LogP contribution in [-0.2, 0) is 6.54 Å². The van der Waals surface area contributed by atoms with Crippen LogP contribution in [0.1, 0.15) is 51.7 Å². The summed E-state index contributed by atoms with van der Waals surface area (Å²) in [7, 11) is 0. The van der Waals surface area contributed by atoms with E-state index in [0.29, 0.717) is 17.5 Å². The summed E-state index contributed by atoms with van der Waals surface area (Å²) in [6.07, 6.45) is 2.43. The maximum Gasteiger partial charge on any atom is 0.0333 e. The molecule has 1 aliphatic heterocycles. The average molecular weight is 288 g/mol. The SMILES string of the molecule is CCC1(CC)CNC(C(C)C)CN1Cc1ccccc1C. The first-order valence-corrected chi connectivity index (χ1v) is 8.55. The van der Waals surface area contributed by atoms with Crippen molar-refractivity contribution in [1.29, 1.82) is 0 Å². The third-order valence-corrected chi connectivity index (χ3v) is 5.52. The Bertz CT molecular complexity index is 449. The lowest BCUT2D eigenvalue weighted by molar-refractivity contribution is 0.0154. The second-order valence-corrected chi connectivity index (χ2v) is 6.97. The van der Waals surface area contributed by atoms with E-state index in [4.69, 9.17) is 0 Å². The molecule has 1 heterocycles. The molecule has 0 aromatic heterocycles. The summed E-state index contributed by atoms with van der Waals surface area (Å²) in [6, 6.07) is 9.44. The highest BCUT2D eigenvalue weighted by atomic mass is 15.3. The third-order valence-electron chi connectivity index (χ3n) is 5.52. The van der Waals surface area contributed by atoms with Crippen LogP contribution in [0.5, 0.6) is 0 Å². The molecular formula is C19H32N2. The summed E-state index contributed by atoms with van der Waals surface area (Å²) >= 11 is 0. The molecule has 0 radical (unpaired) electrons. The normalized spacial score (nSPS) is 22.7. The Morgan fingerprint density at radius 1 is 1.24 bits per heavy atom. The van der Waals surface area contributed by atoms with Crippen molar-refractivity contribution in [2.24, 2.45) is 5.92 Å². The molecule has 1 unspecified atom stereocenters. The molecule has 0 amide bonds. The van der Waals surface area contributed by atoms with Gasteiger partial charge in [-0.1, -0.05) is 52.0 Å². The highest BCUT2D eigenvalue weighted by molar-refractivity contribution is 5.26. The van der Waals surface area contributed by atoms with E-state index in [9.17, 15) is 0 Å². The Hall–Kier alpha value is -0.860. The molecule has 0 spiro atoms. The number of aryl methyl sites for hydroxylation is 1. The lowest BCUT2D eigenvalue weighted by atomic mass is 9.85. The van der Waals surface area contributed by atoms with Crippen molar-refractivity contribution in [1.82, 2.24) is 10.2 Å². The van der Waals surface area contributed by atoms with E-state index in [0.717, 1.165) is 19.6 Å². The van der Waals surface area contributed by atoms with Gasteiger partial charge >= 0.3 is 0 Å². The largest absolute Gasteiger partial charge is 0.311 e. The van der Waals surface area contributed by atoms with Gasteiger partial charge in [0.2, 0.25) is 0 Å². The van der Waals surface area contributed by atoms with Gasteiger partial charge in [-0.2, -0.15) is 0 Å². The number of piperazine rings is 1. The first-order valence-electron chi connectivity index (χ1n) is 8.55. The highest BCUT2D eigenvalue weighted by Crippen LogP contribution is 2.30. The van der Waals surface area contributed by atoms with E-state index in [1.165, 1.54) is 24.0 Å². The van der Waals surface area contributed by atoms with Crippen molar-refractivity contribution in [3.8, 4) is 0 Å². The second kappa shape index (κ2) is 6.93.